The fourth-order valence-electron chi connectivity index (χ4n) is 2.43. The van der Waals surface area contributed by atoms with Crippen LogP contribution in [-0.4, -0.2) is 11.1 Å². The average Bonchev–Trinajstić information content (AvgIpc) is 3.24. The van der Waals surface area contributed by atoms with Crippen molar-refractivity contribution in [3.63, 3.8) is 0 Å². The molecule has 1 aliphatic rings. The number of aliphatic imine (C=N–C) groups is 1. The van der Waals surface area contributed by atoms with E-state index in [0.29, 0.717) is 15.8 Å². The van der Waals surface area contributed by atoms with Gasteiger partial charge in [0.15, 0.2) is 5.17 Å². The number of halogens is 1. The van der Waals surface area contributed by atoms with Gasteiger partial charge in [-0.1, -0.05) is 30.3 Å². The maximum atomic E-state index is 12.2. The Hall–Kier alpha value is -2.32. The summed E-state index contributed by atoms with van der Waals surface area (Å²) in [6.07, 6.45) is 1.74. The highest BCUT2D eigenvalue weighted by Crippen LogP contribution is 2.30. The summed E-state index contributed by atoms with van der Waals surface area (Å²) in [5.74, 6) is 1.24. The van der Waals surface area contributed by atoms with Gasteiger partial charge in [-0.25, -0.2) is 4.99 Å². The Balaban J connectivity index is 1.54. The first-order valence-electron chi connectivity index (χ1n) is 7.88. The number of carbonyl (C=O) groups excluding carboxylic acids is 1. The van der Waals surface area contributed by atoms with E-state index in [9.17, 15) is 4.79 Å². The summed E-state index contributed by atoms with van der Waals surface area (Å²) in [7, 11) is 0. The van der Waals surface area contributed by atoms with E-state index in [1.165, 1.54) is 15.3 Å². The summed E-state index contributed by atoms with van der Waals surface area (Å²) in [4.78, 5) is 17.2. The first kappa shape index (κ1) is 17.1. The second-order valence-corrected chi connectivity index (χ2v) is 7.80. The zero-order valence-corrected chi connectivity index (χ0v) is 16.5. The lowest BCUT2D eigenvalue weighted by molar-refractivity contribution is -0.115. The van der Waals surface area contributed by atoms with Crippen LogP contribution >= 0.6 is 34.4 Å². The third-order valence-corrected chi connectivity index (χ3v) is 5.30. The predicted octanol–water partition coefficient (Wildman–Crippen LogP) is 5.44. The van der Waals surface area contributed by atoms with Gasteiger partial charge in [0.25, 0.3) is 5.91 Å². The van der Waals surface area contributed by atoms with Crippen LogP contribution < -0.4 is 5.32 Å². The Morgan fingerprint density at radius 1 is 1.00 bits per heavy atom. The molecule has 0 aliphatic carbocycles. The maximum Gasteiger partial charge on any atom is 0.264 e. The molecule has 0 radical (unpaired) electrons. The molecule has 4 rings (SSSR count). The summed E-state index contributed by atoms with van der Waals surface area (Å²) >= 11 is 3.57. The number of benzene rings is 2. The number of amides is 1. The molecule has 0 atom stereocenters. The zero-order valence-electron chi connectivity index (χ0n) is 13.5. The van der Waals surface area contributed by atoms with Gasteiger partial charge < -0.3 is 9.73 Å². The van der Waals surface area contributed by atoms with Gasteiger partial charge in [-0.15, -0.1) is 0 Å². The Bertz CT molecular complexity index is 1010. The summed E-state index contributed by atoms with van der Waals surface area (Å²) in [6.45, 7) is 0. The minimum Gasteiger partial charge on any atom is -0.457 e. The van der Waals surface area contributed by atoms with Gasteiger partial charge in [-0.05, 0) is 70.8 Å². The van der Waals surface area contributed by atoms with Crippen molar-refractivity contribution >= 4 is 57.2 Å². The molecule has 1 amide bonds. The number of nitrogens with zero attached hydrogens (tertiary/aromatic N) is 1. The molecule has 26 heavy (non-hydrogen) atoms. The second-order valence-electron chi connectivity index (χ2n) is 5.53. The Kier molecular flexibility index (Phi) is 4.94. The minimum atomic E-state index is -0.170. The molecule has 4 nitrogen and oxygen atoms in total. The van der Waals surface area contributed by atoms with Crippen molar-refractivity contribution in [3.8, 4) is 11.3 Å². The van der Waals surface area contributed by atoms with E-state index in [2.05, 4.69) is 32.9 Å². The normalized spacial score (nSPS) is 17.0. The lowest BCUT2D eigenvalue weighted by atomic mass is 10.2. The van der Waals surface area contributed by atoms with Gasteiger partial charge in [0.05, 0.1) is 10.6 Å². The first-order chi connectivity index (χ1) is 12.7. The van der Waals surface area contributed by atoms with Crippen LogP contribution in [0.15, 0.2) is 81.0 Å². The zero-order chi connectivity index (χ0) is 17.9. The number of nitrogens with one attached hydrogen (secondary N) is 1. The lowest BCUT2D eigenvalue weighted by Crippen LogP contribution is -2.19. The molecule has 0 bridgehead atoms. The Morgan fingerprint density at radius 2 is 1.77 bits per heavy atom. The van der Waals surface area contributed by atoms with Crippen LogP contribution in [-0.2, 0) is 4.79 Å². The summed E-state index contributed by atoms with van der Waals surface area (Å²) in [5.41, 5.74) is 1.81. The molecule has 1 aromatic heterocycles. The molecule has 0 spiro atoms. The monoisotopic (exact) mass is 472 g/mol. The lowest BCUT2D eigenvalue weighted by Gasteiger charge is -1.96. The topological polar surface area (TPSA) is 54.6 Å². The van der Waals surface area contributed by atoms with Gasteiger partial charge >= 0.3 is 0 Å². The van der Waals surface area contributed by atoms with E-state index in [4.69, 9.17) is 4.42 Å². The number of hydrogen-bond acceptors (Lipinski definition) is 4. The Morgan fingerprint density at radius 3 is 2.54 bits per heavy atom. The SMILES string of the molecule is O=C1NC(=Nc2ccccc2)S/C1=C\c1ccc(-c2ccc(I)cc2)o1. The molecule has 2 aromatic carbocycles. The number of thioether (sulfide) groups is 1. The molecular formula is C20H13IN2O2S. The van der Waals surface area contributed by atoms with Crippen molar-refractivity contribution in [3.05, 3.63) is 81.0 Å². The van der Waals surface area contributed by atoms with E-state index in [-0.39, 0.29) is 5.91 Å². The number of hydrogen-bond donors (Lipinski definition) is 1. The summed E-state index contributed by atoms with van der Waals surface area (Å²) in [5, 5.41) is 3.35. The molecule has 1 fully saturated rings. The molecule has 1 saturated heterocycles. The molecule has 2 heterocycles. The standard InChI is InChI=1S/C20H13IN2O2S/c21-14-8-6-13(7-9-14)17-11-10-16(25-17)12-18-19(24)23-20(26-18)22-15-4-2-1-3-5-15/h1-12H,(H,22,23,24)/b18-12-. The fraction of sp³-hybridized carbons (Fsp3) is 0. The smallest absolute Gasteiger partial charge is 0.264 e. The molecule has 0 saturated carbocycles. The highest BCUT2D eigenvalue weighted by atomic mass is 127. The Labute approximate surface area is 168 Å². The molecule has 0 unspecified atom stereocenters. The van der Waals surface area contributed by atoms with Crippen LogP contribution in [0.2, 0.25) is 0 Å². The van der Waals surface area contributed by atoms with Crippen LogP contribution in [0.25, 0.3) is 17.4 Å². The fourth-order valence-corrected chi connectivity index (χ4v) is 3.61. The van der Waals surface area contributed by atoms with Crippen molar-refractivity contribution in [1.29, 1.82) is 0 Å². The molecule has 128 valence electrons. The highest BCUT2D eigenvalue weighted by Gasteiger charge is 2.24. The van der Waals surface area contributed by atoms with Crippen LogP contribution in [0, 0.1) is 3.57 Å². The van der Waals surface area contributed by atoms with Gasteiger partial charge in [0.2, 0.25) is 0 Å². The average molecular weight is 472 g/mol. The third-order valence-electron chi connectivity index (χ3n) is 3.67. The van der Waals surface area contributed by atoms with Crippen molar-refractivity contribution in [1.82, 2.24) is 5.32 Å². The van der Waals surface area contributed by atoms with Gasteiger partial charge in [-0.3, -0.25) is 4.79 Å². The quantitative estimate of drug-likeness (QED) is 0.408. The van der Waals surface area contributed by atoms with E-state index < -0.39 is 0 Å². The molecule has 3 aromatic rings. The second kappa shape index (κ2) is 7.51. The molecule has 1 N–H and O–H groups in total. The number of para-hydroxylation sites is 1. The largest absolute Gasteiger partial charge is 0.457 e. The predicted molar refractivity (Wildman–Crippen MR) is 114 cm³/mol. The van der Waals surface area contributed by atoms with E-state index in [0.717, 1.165) is 17.0 Å². The van der Waals surface area contributed by atoms with E-state index in [1.807, 2.05) is 66.7 Å². The molecular weight excluding hydrogens is 459 g/mol. The number of amidine groups is 1. The van der Waals surface area contributed by atoms with Gasteiger partial charge in [-0.2, -0.15) is 0 Å². The van der Waals surface area contributed by atoms with Crippen molar-refractivity contribution in [2.24, 2.45) is 4.99 Å². The first-order valence-corrected chi connectivity index (χ1v) is 9.77. The van der Waals surface area contributed by atoms with Crippen molar-refractivity contribution in [2.75, 3.05) is 0 Å². The minimum absolute atomic E-state index is 0.170. The number of rotatable bonds is 3. The van der Waals surface area contributed by atoms with Gasteiger partial charge in [0, 0.05) is 15.2 Å². The number of carbonyl (C=O) groups is 1. The third kappa shape index (κ3) is 3.91. The summed E-state index contributed by atoms with van der Waals surface area (Å²) in [6, 6.07) is 21.4. The van der Waals surface area contributed by atoms with E-state index in [1.54, 1.807) is 6.08 Å². The maximum absolute atomic E-state index is 12.2. The van der Waals surface area contributed by atoms with Crippen LogP contribution in [0.5, 0.6) is 0 Å². The van der Waals surface area contributed by atoms with Crippen molar-refractivity contribution in [2.45, 2.75) is 0 Å². The molecule has 1 aliphatic heterocycles. The highest BCUT2D eigenvalue weighted by molar-refractivity contribution is 14.1. The van der Waals surface area contributed by atoms with E-state index >= 15 is 0 Å². The number of furan rings is 1. The molecule has 6 heteroatoms. The van der Waals surface area contributed by atoms with Crippen LogP contribution in [0.1, 0.15) is 5.76 Å². The summed E-state index contributed by atoms with van der Waals surface area (Å²) < 4.78 is 7.03. The van der Waals surface area contributed by atoms with Crippen molar-refractivity contribution < 1.29 is 9.21 Å². The van der Waals surface area contributed by atoms with Crippen LogP contribution in [0.4, 0.5) is 5.69 Å². The van der Waals surface area contributed by atoms with Crippen LogP contribution in [0.3, 0.4) is 0 Å². The van der Waals surface area contributed by atoms with Gasteiger partial charge in [0.1, 0.15) is 11.5 Å².